The zero-order valence-electron chi connectivity index (χ0n) is 11.9. The molecular formula is C15H24N2O2. The average molecular weight is 264 g/mol. The molecule has 0 bridgehead atoms. The predicted octanol–water partition coefficient (Wildman–Crippen LogP) is 2.45. The number of nitrogens with two attached hydrogens (primary N) is 1. The summed E-state index contributed by atoms with van der Waals surface area (Å²) in [6.45, 7) is 2.45. The van der Waals surface area contributed by atoms with Gasteiger partial charge in [-0.05, 0) is 37.8 Å². The Morgan fingerprint density at radius 1 is 1.42 bits per heavy atom. The monoisotopic (exact) mass is 264 g/mol. The highest BCUT2D eigenvalue weighted by Crippen LogP contribution is 2.26. The van der Waals surface area contributed by atoms with Crippen molar-refractivity contribution >= 4 is 5.91 Å². The van der Waals surface area contributed by atoms with Gasteiger partial charge in [0.1, 0.15) is 11.5 Å². The summed E-state index contributed by atoms with van der Waals surface area (Å²) in [6.07, 6.45) is 5.11. The van der Waals surface area contributed by atoms with Crippen LogP contribution in [0.4, 0.5) is 0 Å². The molecule has 0 aromatic carbocycles. The Balaban J connectivity index is 1.85. The van der Waals surface area contributed by atoms with Crippen LogP contribution in [0.25, 0.3) is 0 Å². The molecular weight excluding hydrogens is 240 g/mol. The Kier molecular flexibility index (Phi) is 4.64. The molecule has 1 aliphatic carbocycles. The number of hydrogen-bond acceptors (Lipinski definition) is 3. The molecule has 2 N–H and O–H groups in total. The fourth-order valence-corrected chi connectivity index (χ4v) is 2.76. The number of carbonyl (C=O) groups is 1. The Hall–Kier alpha value is -1.29. The van der Waals surface area contributed by atoms with Crippen LogP contribution < -0.4 is 5.73 Å². The lowest BCUT2D eigenvalue weighted by molar-refractivity contribution is -0.132. The summed E-state index contributed by atoms with van der Waals surface area (Å²) in [4.78, 5) is 13.9. The van der Waals surface area contributed by atoms with E-state index in [0.717, 1.165) is 24.4 Å². The molecule has 1 aromatic rings. The molecule has 19 heavy (non-hydrogen) atoms. The van der Waals surface area contributed by atoms with E-state index in [1.807, 2.05) is 26.1 Å². The number of aryl methyl sites for hydroxylation is 1. The van der Waals surface area contributed by atoms with E-state index in [-0.39, 0.29) is 11.9 Å². The first kappa shape index (κ1) is 14.1. The molecule has 0 aliphatic heterocycles. The van der Waals surface area contributed by atoms with Crippen molar-refractivity contribution < 1.29 is 9.21 Å². The SMILES string of the molecule is Cc1ccc(CN(C)C(=O)CC2CCCCC2N)o1. The third-order valence-corrected chi connectivity index (χ3v) is 4.02. The highest BCUT2D eigenvalue weighted by molar-refractivity contribution is 5.76. The second kappa shape index (κ2) is 6.24. The fourth-order valence-electron chi connectivity index (χ4n) is 2.76. The van der Waals surface area contributed by atoms with Crippen molar-refractivity contribution in [2.75, 3.05) is 7.05 Å². The first-order valence-electron chi connectivity index (χ1n) is 7.11. The number of rotatable bonds is 4. The maximum Gasteiger partial charge on any atom is 0.223 e. The van der Waals surface area contributed by atoms with Crippen LogP contribution in [0.5, 0.6) is 0 Å². The molecule has 0 radical (unpaired) electrons. The molecule has 1 aliphatic rings. The standard InChI is InChI=1S/C15H24N2O2/c1-11-7-8-13(19-11)10-17(2)15(18)9-12-5-3-4-6-14(12)16/h7-8,12,14H,3-6,9-10,16H2,1-2H3. The quantitative estimate of drug-likeness (QED) is 0.908. The Morgan fingerprint density at radius 3 is 2.79 bits per heavy atom. The van der Waals surface area contributed by atoms with Crippen LogP contribution in [-0.2, 0) is 11.3 Å². The number of amides is 1. The van der Waals surface area contributed by atoms with Crippen LogP contribution in [0.3, 0.4) is 0 Å². The van der Waals surface area contributed by atoms with Gasteiger partial charge in [-0.3, -0.25) is 4.79 Å². The van der Waals surface area contributed by atoms with Gasteiger partial charge < -0.3 is 15.1 Å². The second-order valence-corrected chi connectivity index (χ2v) is 5.67. The molecule has 0 saturated heterocycles. The maximum atomic E-state index is 12.2. The van der Waals surface area contributed by atoms with Crippen LogP contribution in [0, 0.1) is 12.8 Å². The summed E-state index contributed by atoms with van der Waals surface area (Å²) in [7, 11) is 1.83. The highest BCUT2D eigenvalue weighted by Gasteiger charge is 2.25. The first-order valence-corrected chi connectivity index (χ1v) is 7.11. The van der Waals surface area contributed by atoms with E-state index in [1.54, 1.807) is 4.90 Å². The molecule has 106 valence electrons. The molecule has 4 nitrogen and oxygen atoms in total. The van der Waals surface area contributed by atoms with Gasteiger partial charge in [-0.2, -0.15) is 0 Å². The summed E-state index contributed by atoms with van der Waals surface area (Å²) in [6, 6.07) is 4.04. The molecule has 1 heterocycles. The van der Waals surface area contributed by atoms with Gasteiger partial charge in [0.25, 0.3) is 0 Å². The number of carbonyl (C=O) groups excluding carboxylic acids is 1. The molecule has 2 atom stereocenters. The molecule has 1 fully saturated rings. The largest absolute Gasteiger partial charge is 0.464 e. The minimum Gasteiger partial charge on any atom is -0.464 e. The summed E-state index contributed by atoms with van der Waals surface area (Å²) in [5, 5.41) is 0. The van der Waals surface area contributed by atoms with Gasteiger partial charge in [0.15, 0.2) is 0 Å². The average Bonchev–Trinajstić information content (AvgIpc) is 2.77. The van der Waals surface area contributed by atoms with Crippen molar-refractivity contribution in [3.8, 4) is 0 Å². The van der Waals surface area contributed by atoms with Crippen LogP contribution in [-0.4, -0.2) is 23.9 Å². The van der Waals surface area contributed by atoms with Crippen LogP contribution in [0.1, 0.15) is 43.6 Å². The second-order valence-electron chi connectivity index (χ2n) is 5.67. The van der Waals surface area contributed by atoms with E-state index in [9.17, 15) is 4.79 Å². The van der Waals surface area contributed by atoms with E-state index in [1.165, 1.54) is 12.8 Å². The highest BCUT2D eigenvalue weighted by atomic mass is 16.3. The Bertz CT molecular complexity index is 428. The van der Waals surface area contributed by atoms with Crippen molar-refractivity contribution in [2.45, 2.75) is 51.6 Å². The van der Waals surface area contributed by atoms with E-state index >= 15 is 0 Å². The lowest BCUT2D eigenvalue weighted by Crippen LogP contribution is -2.37. The smallest absolute Gasteiger partial charge is 0.223 e. The minimum absolute atomic E-state index is 0.163. The van der Waals surface area contributed by atoms with Crippen molar-refractivity contribution in [3.63, 3.8) is 0 Å². The van der Waals surface area contributed by atoms with Gasteiger partial charge in [-0.15, -0.1) is 0 Å². The number of hydrogen-bond donors (Lipinski definition) is 1. The third-order valence-electron chi connectivity index (χ3n) is 4.02. The molecule has 0 spiro atoms. The molecule has 2 rings (SSSR count). The molecule has 1 saturated carbocycles. The topological polar surface area (TPSA) is 59.5 Å². The summed E-state index contributed by atoms with van der Waals surface area (Å²) in [5.41, 5.74) is 6.09. The zero-order chi connectivity index (χ0) is 13.8. The Morgan fingerprint density at radius 2 is 2.16 bits per heavy atom. The van der Waals surface area contributed by atoms with E-state index in [0.29, 0.717) is 18.9 Å². The fraction of sp³-hybridized carbons (Fsp3) is 0.667. The van der Waals surface area contributed by atoms with Gasteiger partial charge in [0.2, 0.25) is 5.91 Å². The van der Waals surface area contributed by atoms with Crippen LogP contribution >= 0.6 is 0 Å². The van der Waals surface area contributed by atoms with Crippen LogP contribution in [0.15, 0.2) is 16.5 Å². The van der Waals surface area contributed by atoms with Crippen molar-refractivity contribution in [1.29, 1.82) is 0 Å². The third kappa shape index (κ3) is 3.83. The van der Waals surface area contributed by atoms with Crippen molar-refractivity contribution in [2.24, 2.45) is 11.7 Å². The Labute approximate surface area is 114 Å². The first-order chi connectivity index (χ1) is 9.06. The van der Waals surface area contributed by atoms with E-state index < -0.39 is 0 Å². The normalized spacial score (nSPS) is 23.3. The van der Waals surface area contributed by atoms with E-state index in [4.69, 9.17) is 10.2 Å². The molecule has 1 amide bonds. The van der Waals surface area contributed by atoms with Gasteiger partial charge in [-0.25, -0.2) is 0 Å². The van der Waals surface area contributed by atoms with Gasteiger partial charge in [-0.1, -0.05) is 12.8 Å². The maximum absolute atomic E-state index is 12.2. The van der Waals surface area contributed by atoms with Crippen molar-refractivity contribution in [1.82, 2.24) is 4.90 Å². The predicted molar refractivity (Wildman–Crippen MR) is 74.5 cm³/mol. The summed E-state index contributed by atoms with van der Waals surface area (Å²) in [5.74, 6) is 2.23. The molecule has 4 heteroatoms. The molecule has 2 unspecified atom stereocenters. The van der Waals surface area contributed by atoms with Gasteiger partial charge in [0.05, 0.1) is 6.54 Å². The van der Waals surface area contributed by atoms with Crippen LogP contribution in [0.2, 0.25) is 0 Å². The molecule has 1 aromatic heterocycles. The van der Waals surface area contributed by atoms with E-state index in [2.05, 4.69) is 0 Å². The summed E-state index contributed by atoms with van der Waals surface area (Å²) < 4.78 is 5.50. The van der Waals surface area contributed by atoms with Gasteiger partial charge >= 0.3 is 0 Å². The lowest BCUT2D eigenvalue weighted by Gasteiger charge is -2.29. The lowest BCUT2D eigenvalue weighted by atomic mass is 9.83. The minimum atomic E-state index is 0.163. The van der Waals surface area contributed by atoms with Crippen molar-refractivity contribution in [3.05, 3.63) is 23.7 Å². The van der Waals surface area contributed by atoms with Gasteiger partial charge in [0, 0.05) is 19.5 Å². The number of furan rings is 1. The number of nitrogens with zero attached hydrogens (tertiary/aromatic N) is 1. The zero-order valence-corrected chi connectivity index (χ0v) is 11.9. The summed E-state index contributed by atoms with van der Waals surface area (Å²) >= 11 is 0.